The van der Waals surface area contributed by atoms with E-state index in [1.54, 1.807) is 0 Å². The SMILES string of the molecule is O=C(N[C@H](c1ccc(Cl)cc1)C(F)(F)F)[C@H]1CCNC1. The van der Waals surface area contributed by atoms with Gasteiger partial charge >= 0.3 is 6.18 Å². The average molecular weight is 307 g/mol. The van der Waals surface area contributed by atoms with Gasteiger partial charge in [-0.05, 0) is 30.7 Å². The van der Waals surface area contributed by atoms with Crippen molar-refractivity contribution in [3.8, 4) is 0 Å². The molecular formula is C13H14ClF3N2O. The molecule has 2 N–H and O–H groups in total. The van der Waals surface area contributed by atoms with Crippen molar-refractivity contribution < 1.29 is 18.0 Å². The van der Waals surface area contributed by atoms with E-state index in [0.29, 0.717) is 24.5 Å². The maximum absolute atomic E-state index is 13.1. The molecule has 0 saturated carbocycles. The summed E-state index contributed by atoms with van der Waals surface area (Å²) >= 11 is 5.66. The first-order valence-corrected chi connectivity index (χ1v) is 6.59. The number of hydrogen-bond donors (Lipinski definition) is 2. The van der Waals surface area contributed by atoms with Gasteiger partial charge in [0, 0.05) is 11.6 Å². The zero-order valence-corrected chi connectivity index (χ0v) is 11.3. The number of nitrogens with one attached hydrogen (secondary N) is 2. The van der Waals surface area contributed by atoms with Crippen molar-refractivity contribution in [1.29, 1.82) is 0 Å². The molecule has 3 nitrogen and oxygen atoms in total. The van der Waals surface area contributed by atoms with Crippen LogP contribution in [0.25, 0.3) is 0 Å². The monoisotopic (exact) mass is 306 g/mol. The number of benzene rings is 1. The largest absolute Gasteiger partial charge is 0.412 e. The fourth-order valence-electron chi connectivity index (χ4n) is 2.15. The van der Waals surface area contributed by atoms with Crippen LogP contribution in [0.4, 0.5) is 13.2 Å². The van der Waals surface area contributed by atoms with Crippen molar-refractivity contribution in [2.24, 2.45) is 5.92 Å². The molecule has 1 amide bonds. The predicted molar refractivity (Wildman–Crippen MR) is 69.4 cm³/mol. The van der Waals surface area contributed by atoms with Crippen molar-refractivity contribution in [2.75, 3.05) is 13.1 Å². The lowest BCUT2D eigenvalue weighted by molar-refractivity contribution is -0.164. The molecule has 0 bridgehead atoms. The third-order valence-corrected chi connectivity index (χ3v) is 3.50. The van der Waals surface area contributed by atoms with E-state index in [1.807, 2.05) is 0 Å². The van der Waals surface area contributed by atoms with Gasteiger partial charge in [0.2, 0.25) is 5.91 Å². The Morgan fingerprint density at radius 3 is 2.50 bits per heavy atom. The topological polar surface area (TPSA) is 41.1 Å². The average Bonchev–Trinajstić information content (AvgIpc) is 2.89. The van der Waals surface area contributed by atoms with E-state index in [4.69, 9.17) is 11.6 Å². The Morgan fingerprint density at radius 1 is 1.35 bits per heavy atom. The van der Waals surface area contributed by atoms with Gasteiger partial charge in [0.05, 0.1) is 5.92 Å². The summed E-state index contributed by atoms with van der Waals surface area (Å²) < 4.78 is 39.3. The van der Waals surface area contributed by atoms with Crippen molar-refractivity contribution in [1.82, 2.24) is 10.6 Å². The second-order valence-electron chi connectivity index (χ2n) is 4.72. The number of carbonyl (C=O) groups excluding carboxylic acids is 1. The van der Waals surface area contributed by atoms with Gasteiger partial charge in [-0.2, -0.15) is 13.2 Å². The fraction of sp³-hybridized carbons (Fsp3) is 0.462. The number of amides is 1. The number of rotatable bonds is 3. The highest BCUT2D eigenvalue weighted by atomic mass is 35.5. The summed E-state index contributed by atoms with van der Waals surface area (Å²) in [6.45, 7) is 1.06. The molecule has 0 aliphatic carbocycles. The van der Waals surface area contributed by atoms with Crippen LogP contribution in [0.2, 0.25) is 5.02 Å². The smallest absolute Gasteiger partial charge is 0.341 e. The zero-order valence-electron chi connectivity index (χ0n) is 10.5. The van der Waals surface area contributed by atoms with Crippen LogP contribution in [0, 0.1) is 5.92 Å². The molecule has 1 aliphatic rings. The van der Waals surface area contributed by atoms with Crippen molar-refractivity contribution in [2.45, 2.75) is 18.6 Å². The van der Waals surface area contributed by atoms with Crippen molar-refractivity contribution in [3.05, 3.63) is 34.9 Å². The molecular weight excluding hydrogens is 293 g/mol. The molecule has 0 unspecified atom stereocenters. The molecule has 0 spiro atoms. The predicted octanol–water partition coefficient (Wildman–Crippen LogP) is 2.67. The second kappa shape index (κ2) is 6.01. The molecule has 2 atom stereocenters. The number of halogens is 4. The van der Waals surface area contributed by atoms with Gasteiger partial charge in [-0.1, -0.05) is 23.7 Å². The normalized spacial score (nSPS) is 20.7. The molecule has 7 heteroatoms. The summed E-state index contributed by atoms with van der Waals surface area (Å²) in [5, 5.41) is 5.39. The molecule has 1 fully saturated rings. The highest BCUT2D eigenvalue weighted by molar-refractivity contribution is 6.30. The Hall–Kier alpha value is -1.27. The molecule has 1 aliphatic heterocycles. The fourth-order valence-corrected chi connectivity index (χ4v) is 2.27. The summed E-state index contributed by atoms with van der Waals surface area (Å²) in [4.78, 5) is 11.9. The lowest BCUT2D eigenvalue weighted by atomic mass is 10.0. The third kappa shape index (κ3) is 3.64. The first-order chi connectivity index (χ1) is 9.38. The maximum Gasteiger partial charge on any atom is 0.412 e. The molecule has 110 valence electrons. The molecule has 20 heavy (non-hydrogen) atoms. The summed E-state index contributed by atoms with van der Waals surface area (Å²) in [6.07, 6.45) is -3.99. The molecule has 2 rings (SSSR count). The van der Waals surface area contributed by atoms with E-state index in [0.717, 1.165) is 0 Å². The first-order valence-electron chi connectivity index (χ1n) is 6.21. The number of carbonyl (C=O) groups is 1. The minimum absolute atomic E-state index is 0.0267. The lowest BCUT2D eigenvalue weighted by Gasteiger charge is -2.23. The Labute approximate surface area is 119 Å². The van der Waals surface area contributed by atoms with Crippen LogP contribution in [-0.4, -0.2) is 25.2 Å². The van der Waals surface area contributed by atoms with E-state index < -0.39 is 24.0 Å². The van der Waals surface area contributed by atoms with Gasteiger partial charge in [0.1, 0.15) is 0 Å². The van der Waals surface area contributed by atoms with Crippen LogP contribution in [0.5, 0.6) is 0 Å². The van der Waals surface area contributed by atoms with Gasteiger partial charge < -0.3 is 10.6 Å². The van der Waals surface area contributed by atoms with E-state index in [1.165, 1.54) is 24.3 Å². The summed E-state index contributed by atoms with van der Waals surface area (Å²) in [6, 6.07) is 3.28. The number of hydrogen-bond acceptors (Lipinski definition) is 2. The Kier molecular flexibility index (Phi) is 4.55. The minimum Gasteiger partial charge on any atom is -0.341 e. The van der Waals surface area contributed by atoms with Crippen molar-refractivity contribution >= 4 is 17.5 Å². The minimum atomic E-state index is -4.55. The quantitative estimate of drug-likeness (QED) is 0.901. The van der Waals surface area contributed by atoms with Gasteiger partial charge in [-0.25, -0.2) is 0 Å². The first kappa shape index (κ1) is 15.1. The van der Waals surface area contributed by atoms with Crippen molar-refractivity contribution in [3.63, 3.8) is 0 Å². The molecule has 1 saturated heterocycles. The van der Waals surface area contributed by atoms with Crippen LogP contribution >= 0.6 is 11.6 Å². The van der Waals surface area contributed by atoms with Crippen LogP contribution in [0.1, 0.15) is 18.0 Å². The van der Waals surface area contributed by atoms with E-state index in [9.17, 15) is 18.0 Å². The van der Waals surface area contributed by atoms with Crippen LogP contribution in [0.3, 0.4) is 0 Å². The molecule has 0 radical (unpaired) electrons. The van der Waals surface area contributed by atoms with Crippen LogP contribution in [-0.2, 0) is 4.79 Å². The van der Waals surface area contributed by atoms with Gasteiger partial charge in [-0.3, -0.25) is 4.79 Å². The Balaban J connectivity index is 2.15. The summed E-state index contributed by atoms with van der Waals surface area (Å²) in [5.74, 6) is -0.987. The molecule has 1 heterocycles. The van der Waals surface area contributed by atoms with E-state index >= 15 is 0 Å². The number of alkyl halides is 3. The highest BCUT2D eigenvalue weighted by Gasteiger charge is 2.42. The van der Waals surface area contributed by atoms with Gasteiger partial charge in [0.15, 0.2) is 6.04 Å². The van der Waals surface area contributed by atoms with E-state index in [-0.39, 0.29) is 5.56 Å². The Morgan fingerprint density at radius 2 is 2.00 bits per heavy atom. The van der Waals surface area contributed by atoms with E-state index in [2.05, 4.69) is 10.6 Å². The van der Waals surface area contributed by atoms with Gasteiger partial charge in [-0.15, -0.1) is 0 Å². The lowest BCUT2D eigenvalue weighted by Crippen LogP contribution is -2.41. The molecule has 1 aromatic rings. The van der Waals surface area contributed by atoms with Gasteiger partial charge in [0.25, 0.3) is 0 Å². The summed E-state index contributed by atoms with van der Waals surface area (Å²) in [7, 11) is 0. The maximum atomic E-state index is 13.1. The zero-order chi connectivity index (χ0) is 14.8. The highest BCUT2D eigenvalue weighted by Crippen LogP contribution is 2.33. The standard InChI is InChI=1S/C13H14ClF3N2O/c14-10-3-1-8(2-4-10)11(13(15,16)17)19-12(20)9-5-6-18-7-9/h1-4,9,11,18H,5-7H2,(H,19,20)/t9-,11+/m0/s1. The second-order valence-corrected chi connectivity index (χ2v) is 5.16. The van der Waals surface area contributed by atoms with Crippen LogP contribution < -0.4 is 10.6 Å². The molecule has 0 aromatic heterocycles. The third-order valence-electron chi connectivity index (χ3n) is 3.25. The van der Waals surface area contributed by atoms with Crippen LogP contribution in [0.15, 0.2) is 24.3 Å². The Bertz CT molecular complexity index is 469. The summed E-state index contributed by atoms with van der Waals surface area (Å²) in [5.41, 5.74) is -0.0267. The molecule has 1 aromatic carbocycles.